The Morgan fingerprint density at radius 2 is 1.65 bits per heavy atom. The second kappa shape index (κ2) is 19.8. The number of aromatic amines is 1. The van der Waals surface area contributed by atoms with Crippen molar-refractivity contribution in [3.8, 4) is 11.5 Å². The maximum Gasteiger partial charge on any atom is 0.501 e. The van der Waals surface area contributed by atoms with E-state index < -0.39 is 48.2 Å². The van der Waals surface area contributed by atoms with Gasteiger partial charge in [-0.25, -0.2) is 26.5 Å². The Hall–Kier alpha value is -4.71. The molecule has 0 bridgehead atoms. The van der Waals surface area contributed by atoms with E-state index in [9.17, 15) is 39.4 Å². The van der Waals surface area contributed by atoms with Gasteiger partial charge in [0.25, 0.3) is 25.8 Å². The number of hydrogen-bond donors (Lipinski definition) is 2. The zero-order chi connectivity index (χ0) is 49.5. The Balaban J connectivity index is 1.03. The number of hydrogen-bond acceptors (Lipinski definition) is 11. The quantitative estimate of drug-likeness (QED) is 0.102. The van der Waals surface area contributed by atoms with Crippen molar-refractivity contribution in [1.29, 1.82) is 0 Å². The third kappa shape index (κ3) is 11.9. The van der Waals surface area contributed by atoms with Crippen LogP contribution in [0.4, 0.5) is 18.9 Å². The predicted octanol–water partition coefficient (Wildman–Crippen LogP) is 9.69. The van der Waals surface area contributed by atoms with Crippen LogP contribution < -0.4 is 14.4 Å². The summed E-state index contributed by atoms with van der Waals surface area (Å²) in [7, 11) is -13.2. The van der Waals surface area contributed by atoms with Gasteiger partial charge in [0.15, 0.2) is 0 Å². The Morgan fingerprint density at radius 1 is 0.942 bits per heavy atom. The minimum absolute atomic E-state index is 0.0120. The number of sulfone groups is 1. The number of amides is 1. The van der Waals surface area contributed by atoms with Gasteiger partial charge in [-0.1, -0.05) is 56.1 Å². The first-order valence-corrected chi connectivity index (χ1v) is 28.8. The first-order chi connectivity index (χ1) is 32.4. The number of nitrogens with one attached hydrogen (secondary N) is 2. The number of benzene rings is 3. The number of pyridine rings is 1. The van der Waals surface area contributed by atoms with Gasteiger partial charge in [0.2, 0.25) is 0 Å². The number of piperazine rings is 1. The normalized spacial score (nSPS) is 18.9. The number of nitrogens with zero attached hydrogens (tertiary/aromatic N) is 4. The van der Waals surface area contributed by atoms with Crippen LogP contribution in [0.3, 0.4) is 0 Å². The summed E-state index contributed by atoms with van der Waals surface area (Å²) in [6.45, 7) is 13.2. The Morgan fingerprint density at radius 3 is 2.35 bits per heavy atom. The van der Waals surface area contributed by atoms with Crippen LogP contribution >= 0.6 is 18.7 Å². The molecule has 2 aliphatic heterocycles. The summed E-state index contributed by atoms with van der Waals surface area (Å²) in [6, 6.07) is 18.7. The summed E-state index contributed by atoms with van der Waals surface area (Å²) >= 11 is 6.24. The van der Waals surface area contributed by atoms with Crippen molar-refractivity contribution in [3.63, 3.8) is 0 Å². The second-order valence-electron chi connectivity index (χ2n) is 19.6. The van der Waals surface area contributed by atoms with Gasteiger partial charge in [0.1, 0.15) is 17.1 Å². The molecule has 0 unspecified atom stereocenters. The first-order valence-electron chi connectivity index (χ1n) is 22.9. The number of anilines is 1. The van der Waals surface area contributed by atoms with Crippen molar-refractivity contribution < 1.29 is 44.1 Å². The monoisotopic (exact) mass is 1030 g/mol. The number of sulfonamides is 1. The maximum atomic E-state index is 14.1. The van der Waals surface area contributed by atoms with Gasteiger partial charge in [-0.2, -0.15) is 13.2 Å². The number of alkyl halides is 3. The highest BCUT2D eigenvalue weighted by atomic mass is 35.5. The number of aromatic nitrogens is 2. The Labute approximate surface area is 406 Å². The Kier molecular flexibility index (Phi) is 14.6. The molecule has 20 heteroatoms. The molecule has 1 atom stereocenters. The van der Waals surface area contributed by atoms with Gasteiger partial charge in [0.05, 0.1) is 28.7 Å². The minimum Gasteiger partial charge on any atom is -0.455 e. The Bertz CT molecular complexity index is 3040. The molecule has 69 heavy (non-hydrogen) atoms. The fraction of sp³-hybridized carbons (Fsp3) is 0.429. The van der Waals surface area contributed by atoms with Crippen LogP contribution in [-0.2, 0) is 30.8 Å². The number of halogens is 4. The van der Waals surface area contributed by atoms with Crippen LogP contribution in [0, 0.1) is 11.3 Å². The lowest BCUT2D eigenvalue weighted by atomic mass is 9.72. The molecule has 3 aliphatic rings. The molecule has 5 aromatic rings. The smallest absolute Gasteiger partial charge is 0.455 e. The van der Waals surface area contributed by atoms with Gasteiger partial charge in [-0.05, 0) is 109 Å². The molecule has 2 saturated heterocycles. The van der Waals surface area contributed by atoms with E-state index in [-0.39, 0.29) is 40.4 Å². The topological polar surface area (TPSA) is 162 Å². The second-order valence-corrected chi connectivity index (χ2v) is 27.1. The van der Waals surface area contributed by atoms with E-state index >= 15 is 0 Å². The molecule has 0 saturated carbocycles. The molecular formula is C49H57ClF3N6O7PS2. The van der Waals surface area contributed by atoms with Crippen LogP contribution in [0.2, 0.25) is 5.02 Å². The van der Waals surface area contributed by atoms with Crippen LogP contribution in [0.1, 0.15) is 61.5 Å². The summed E-state index contributed by atoms with van der Waals surface area (Å²) in [5, 5.41) is 1.41. The van der Waals surface area contributed by atoms with Crippen molar-refractivity contribution in [2.75, 3.05) is 76.2 Å². The highest BCUT2D eigenvalue weighted by Gasteiger charge is 2.48. The summed E-state index contributed by atoms with van der Waals surface area (Å²) in [4.78, 5) is 26.0. The molecule has 8 rings (SSSR count). The van der Waals surface area contributed by atoms with Crippen molar-refractivity contribution in [1.82, 2.24) is 24.5 Å². The van der Waals surface area contributed by atoms with Gasteiger partial charge >= 0.3 is 5.51 Å². The summed E-state index contributed by atoms with van der Waals surface area (Å²) < 4.78 is 117. The number of H-pyrrole nitrogens is 1. The third-order valence-corrected chi connectivity index (χ3v) is 18.9. The molecule has 1 amide bonds. The summed E-state index contributed by atoms with van der Waals surface area (Å²) in [6.07, 6.45) is 7.11. The molecule has 4 heterocycles. The number of fused-ring (bicyclic) bond motifs is 1. The van der Waals surface area contributed by atoms with E-state index in [4.69, 9.17) is 16.3 Å². The zero-order valence-corrected chi connectivity index (χ0v) is 42.3. The maximum absolute atomic E-state index is 14.1. The van der Waals surface area contributed by atoms with E-state index in [1.54, 1.807) is 44.1 Å². The van der Waals surface area contributed by atoms with E-state index in [2.05, 4.69) is 45.7 Å². The lowest BCUT2D eigenvalue weighted by Crippen LogP contribution is -2.47. The van der Waals surface area contributed by atoms with Crippen molar-refractivity contribution in [2.24, 2.45) is 11.3 Å². The van der Waals surface area contributed by atoms with Crippen molar-refractivity contribution in [2.45, 2.75) is 61.8 Å². The van der Waals surface area contributed by atoms with Gasteiger partial charge in [-0.3, -0.25) is 9.69 Å². The highest BCUT2D eigenvalue weighted by Crippen LogP contribution is 2.45. The standard InChI is InChI=1S/C49H57ClF3N6O7PS2/c1-33(31-58-21-23-67(4,61)24-22-58)25-35-7-11-41(28-45(35)68(62,63)49(51,52)53)69(64,65)56-47(60)42-12-10-39(27-44(42)66-40-26-36-14-16-54-46(36)55-30-40)59-19-17-57(18-20-59)32-37-13-15-48(2,3)29-43(37)34-5-8-38(50)9-6-34/h5-12,14,16,26-28,30,33H,13,15,17-25,29,31-32H2,1-4H3,(H,54,55)(H,56,60)/t33-/m1/s1. The van der Waals surface area contributed by atoms with Crippen molar-refractivity contribution >= 4 is 66.8 Å². The summed E-state index contributed by atoms with van der Waals surface area (Å²) in [5.74, 6) is -1.27. The van der Waals surface area contributed by atoms with Gasteiger partial charge in [-0.15, -0.1) is 0 Å². The minimum atomic E-state index is -6.03. The van der Waals surface area contributed by atoms with Crippen molar-refractivity contribution in [3.05, 3.63) is 112 Å². The zero-order valence-electron chi connectivity index (χ0n) is 39.0. The van der Waals surface area contributed by atoms with Crippen LogP contribution in [0.25, 0.3) is 16.6 Å². The SMILES string of the molecule is C[C@H](Cc1ccc(S(=O)(=O)NC(=O)c2ccc(N3CCN(CC4=C(c5ccc(Cl)cc5)CC(C)(C)CC4)CC3)cc2Oc2cnc3[nH]ccc3c2)cc1S(=O)(=O)C(F)(F)F)CN1CCP(C)(=O)CC1. The van der Waals surface area contributed by atoms with E-state index in [1.807, 2.05) is 21.8 Å². The molecular weight excluding hydrogens is 972 g/mol. The molecule has 0 spiro atoms. The number of carbonyl (C=O) groups is 1. The van der Waals surface area contributed by atoms with Crippen LogP contribution in [0.5, 0.6) is 11.5 Å². The molecule has 2 fully saturated rings. The lowest BCUT2D eigenvalue weighted by molar-refractivity contribution is -0.0436. The van der Waals surface area contributed by atoms with Gasteiger partial charge in [0, 0.05) is 93.0 Å². The molecule has 370 valence electrons. The fourth-order valence-electron chi connectivity index (χ4n) is 9.45. The van der Waals surface area contributed by atoms with Gasteiger partial charge < -0.3 is 24.1 Å². The highest BCUT2D eigenvalue weighted by molar-refractivity contribution is 7.92. The van der Waals surface area contributed by atoms with Crippen LogP contribution in [0.15, 0.2) is 101 Å². The number of ether oxygens (including phenoxy) is 1. The lowest BCUT2D eigenvalue weighted by Gasteiger charge is -2.39. The molecule has 2 aromatic heterocycles. The largest absolute Gasteiger partial charge is 0.501 e. The predicted molar refractivity (Wildman–Crippen MR) is 264 cm³/mol. The number of allylic oxidation sites excluding steroid dienone is 1. The average molecular weight is 1030 g/mol. The molecule has 0 radical (unpaired) electrons. The summed E-state index contributed by atoms with van der Waals surface area (Å²) in [5.41, 5.74) is -0.714. The number of carbonyl (C=O) groups excluding carboxylic acids is 1. The first kappa shape index (κ1) is 50.7. The van der Waals surface area contributed by atoms with Crippen LogP contribution in [-0.4, -0.2) is 119 Å². The molecule has 13 nitrogen and oxygen atoms in total. The molecule has 2 N–H and O–H groups in total. The average Bonchev–Trinajstić information content (AvgIpc) is 3.76. The third-order valence-electron chi connectivity index (χ3n) is 13.4. The fourth-order valence-corrected chi connectivity index (χ4v) is 13.3. The van der Waals surface area contributed by atoms with E-state index in [0.717, 1.165) is 51.0 Å². The molecule has 3 aromatic carbocycles. The van der Waals surface area contributed by atoms with E-state index in [1.165, 1.54) is 29.0 Å². The van der Waals surface area contributed by atoms with E-state index in [0.29, 0.717) is 72.9 Å². The number of rotatable bonds is 14. The molecule has 1 aliphatic carbocycles.